The molecule has 2 amide bonds. The predicted molar refractivity (Wildman–Crippen MR) is 135 cm³/mol. The highest BCUT2D eigenvalue weighted by molar-refractivity contribution is 7.99. The van der Waals surface area contributed by atoms with Crippen molar-refractivity contribution in [3.63, 3.8) is 0 Å². The summed E-state index contributed by atoms with van der Waals surface area (Å²) in [5.74, 6) is 0.452. The molecule has 5 N–H and O–H groups in total. The summed E-state index contributed by atoms with van der Waals surface area (Å²) in [6.07, 6.45) is 3.53. The predicted octanol–water partition coefficient (Wildman–Crippen LogP) is 6.15. The Morgan fingerprint density at radius 1 is 0.970 bits per heavy atom. The molecule has 0 saturated carbocycles. The zero-order chi connectivity index (χ0) is 23.4. The topological polar surface area (TPSA) is 109 Å². The molecule has 7 nitrogen and oxygen atoms in total. The molecule has 2 aromatic carbocycles. The summed E-state index contributed by atoms with van der Waals surface area (Å²) >= 11 is 1.63. The van der Waals surface area contributed by atoms with E-state index in [2.05, 4.69) is 46.6 Å². The molecule has 0 aliphatic heterocycles. The van der Waals surface area contributed by atoms with Gasteiger partial charge in [-0.1, -0.05) is 44.7 Å². The number of nitrogens with zero attached hydrogens (tertiary/aromatic N) is 2. The first-order valence-corrected chi connectivity index (χ1v) is 11.3. The molecule has 4 rings (SSSR count). The van der Waals surface area contributed by atoms with Crippen LogP contribution in [0, 0.1) is 0 Å². The van der Waals surface area contributed by atoms with Crippen LogP contribution in [0.2, 0.25) is 0 Å². The van der Waals surface area contributed by atoms with E-state index in [1.54, 1.807) is 24.2 Å². The summed E-state index contributed by atoms with van der Waals surface area (Å²) < 4.78 is 0. The maximum absolute atomic E-state index is 12.8. The van der Waals surface area contributed by atoms with Gasteiger partial charge >= 0.3 is 6.03 Å². The number of rotatable bonds is 5. The Morgan fingerprint density at radius 3 is 2.33 bits per heavy atom. The maximum atomic E-state index is 12.8. The van der Waals surface area contributed by atoms with Gasteiger partial charge in [-0.2, -0.15) is 5.10 Å². The molecule has 0 unspecified atom stereocenters. The number of benzene rings is 2. The van der Waals surface area contributed by atoms with E-state index < -0.39 is 0 Å². The number of carbonyl (C=O) groups excluding carboxylic acids is 1. The van der Waals surface area contributed by atoms with Gasteiger partial charge in [-0.3, -0.25) is 15.4 Å². The smallest absolute Gasteiger partial charge is 0.324 e. The lowest BCUT2D eigenvalue weighted by atomic mass is 9.87. The van der Waals surface area contributed by atoms with Gasteiger partial charge in [0, 0.05) is 44.5 Å². The second-order valence-electron chi connectivity index (χ2n) is 8.59. The Labute approximate surface area is 197 Å². The number of H-pyrrole nitrogens is 1. The standard InChI is InChI=1S/C25H26N6OS/c1-25(2,3)22-21(16-5-4-6-17(26)15-16)23(31-30-22)29-24(32)28-18-7-9-19(10-8-18)33-20-11-13-27-14-12-20/h4-15H,26H2,1-3H3,(H3,28,29,30,31,32). The van der Waals surface area contributed by atoms with E-state index in [0.717, 1.165) is 26.6 Å². The Bertz CT molecular complexity index is 1250. The highest BCUT2D eigenvalue weighted by atomic mass is 32.2. The van der Waals surface area contributed by atoms with Crippen molar-refractivity contribution in [2.45, 2.75) is 36.0 Å². The number of carbonyl (C=O) groups is 1. The first kappa shape index (κ1) is 22.4. The summed E-state index contributed by atoms with van der Waals surface area (Å²) in [5.41, 5.74) is 9.77. The summed E-state index contributed by atoms with van der Waals surface area (Å²) in [7, 11) is 0. The fourth-order valence-corrected chi connectivity index (χ4v) is 4.17. The van der Waals surface area contributed by atoms with Crippen LogP contribution in [-0.4, -0.2) is 21.2 Å². The molecule has 0 saturated heterocycles. The van der Waals surface area contributed by atoms with Crippen LogP contribution in [0.1, 0.15) is 26.5 Å². The van der Waals surface area contributed by atoms with Crippen molar-refractivity contribution < 1.29 is 4.79 Å². The molecule has 2 heterocycles. The number of aromatic amines is 1. The average Bonchev–Trinajstić information content (AvgIpc) is 3.20. The fourth-order valence-electron chi connectivity index (χ4n) is 3.37. The highest BCUT2D eigenvalue weighted by Gasteiger charge is 2.25. The lowest BCUT2D eigenvalue weighted by Crippen LogP contribution is -2.20. The molecular weight excluding hydrogens is 432 g/mol. The van der Waals surface area contributed by atoms with Gasteiger partial charge in [0.2, 0.25) is 0 Å². The molecule has 0 fully saturated rings. The Balaban J connectivity index is 1.50. The molecule has 8 heteroatoms. The average molecular weight is 459 g/mol. The van der Waals surface area contributed by atoms with Crippen molar-refractivity contribution in [2.24, 2.45) is 0 Å². The van der Waals surface area contributed by atoms with Crippen LogP contribution in [0.25, 0.3) is 11.1 Å². The minimum absolute atomic E-state index is 0.203. The van der Waals surface area contributed by atoms with E-state index in [4.69, 9.17) is 5.73 Å². The normalized spacial score (nSPS) is 11.2. The highest BCUT2D eigenvalue weighted by Crippen LogP contribution is 2.37. The molecular formula is C25H26N6OS. The lowest BCUT2D eigenvalue weighted by molar-refractivity contribution is 0.262. The summed E-state index contributed by atoms with van der Waals surface area (Å²) in [4.78, 5) is 19.0. The molecule has 0 aliphatic carbocycles. The molecule has 168 valence electrons. The van der Waals surface area contributed by atoms with Crippen molar-refractivity contribution in [1.29, 1.82) is 0 Å². The van der Waals surface area contributed by atoms with E-state index in [1.807, 2.05) is 60.7 Å². The van der Waals surface area contributed by atoms with Crippen LogP contribution >= 0.6 is 11.8 Å². The molecule has 0 bridgehead atoms. The summed E-state index contributed by atoms with van der Waals surface area (Å²) in [6, 6.07) is 18.8. The number of nitrogen functional groups attached to an aromatic ring is 1. The van der Waals surface area contributed by atoms with Gasteiger partial charge < -0.3 is 11.1 Å². The van der Waals surface area contributed by atoms with Crippen molar-refractivity contribution in [3.8, 4) is 11.1 Å². The number of urea groups is 1. The molecule has 0 atom stereocenters. The number of anilines is 3. The van der Waals surface area contributed by atoms with Crippen molar-refractivity contribution in [2.75, 3.05) is 16.4 Å². The van der Waals surface area contributed by atoms with Gasteiger partial charge in [-0.05, 0) is 54.1 Å². The van der Waals surface area contributed by atoms with E-state index in [9.17, 15) is 4.79 Å². The van der Waals surface area contributed by atoms with Gasteiger partial charge in [0.25, 0.3) is 0 Å². The molecule has 2 aromatic heterocycles. The van der Waals surface area contributed by atoms with Crippen molar-refractivity contribution >= 4 is 35.0 Å². The SMILES string of the molecule is CC(C)(C)c1[nH]nc(NC(=O)Nc2ccc(Sc3ccncc3)cc2)c1-c1cccc(N)c1. The van der Waals surface area contributed by atoms with Gasteiger partial charge in [0.1, 0.15) is 0 Å². The number of nitrogens with one attached hydrogen (secondary N) is 3. The second-order valence-corrected chi connectivity index (χ2v) is 9.73. The first-order chi connectivity index (χ1) is 15.8. The monoisotopic (exact) mass is 458 g/mol. The third-order valence-electron chi connectivity index (χ3n) is 4.92. The number of pyridine rings is 1. The molecule has 0 spiro atoms. The Hall–Kier alpha value is -3.78. The number of nitrogens with two attached hydrogens (primary N) is 1. The largest absolute Gasteiger partial charge is 0.399 e. The minimum atomic E-state index is -0.373. The Morgan fingerprint density at radius 2 is 1.67 bits per heavy atom. The van der Waals surface area contributed by atoms with Crippen LogP contribution in [0.5, 0.6) is 0 Å². The maximum Gasteiger partial charge on any atom is 0.324 e. The number of aromatic nitrogens is 3. The zero-order valence-electron chi connectivity index (χ0n) is 18.7. The van der Waals surface area contributed by atoms with Crippen LogP contribution in [0.15, 0.2) is 82.8 Å². The van der Waals surface area contributed by atoms with Gasteiger partial charge in [-0.25, -0.2) is 4.79 Å². The van der Waals surface area contributed by atoms with Crippen molar-refractivity contribution in [3.05, 3.63) is 78.8 Å². The second kappa shape index (κ2) is 9.38. The fraction of sp³-hybridized carbons (Fsp3) is 0.160. The Kier molecular flexibility index (Phi) is 6.37. The third kappa shape index (κ3) is 5.53. The summed E-state index contributed by atoms with van der Waals surface area (Å²) in [5, 5.41) is 13.2. The molecule has 0 aliphatic rings. The minimum Gasteiger partial charge on any atom is -0.399 e. The van der Waals surface area contributed by atoms with E-state index in [1.165, 1.54) is 0 Å². The van der Waals surface area contributed by atoms with Crippen LogP contribution in [0.3, 0.4) is 0 Å². The molecule has 4 aromatic rings. The number of amides is 2. The van der Waals surface area contributed by atoms with E-state index in [-0.39, 0.29) is 11.4 Å². The van der Waals surface area contributed by atoms with Gasteiger partial charge in [-0.15, -0.1) is 0 Å². The van der Waals surface area contributed by atoms with Gasteiger partial charge in [0.05, 0.1) is 5.69 Å². The third-order valence-corrected chi connectivity index (χ3v) is 5.94. The molecule has 33 heavy (non-hydrogen) atoms. The lowest BCUT2D eigenvalue weighted by Gasteiger charge is -2.19. The van der Waals surface area contributed by atoms with Crippen LogP contribution < -0.4 is 16.4 Å². The quantitative estimate of drug-likeness (QED) is 0.268. The van der Waals surface area contributed by atoms with E-state index in [0.29, 0.717) is 17.2 Å². The first-order valence-electron chi connectivity index (χ1n) is 10.5. The van der Waals surface area contributed by atoms with E-state index >= 15 is 0 Å². The summed E-state index contributed by atoms with van der Waals surface area (Å²) in [6.45, 7) is 6.27. The number of hydrogen-bond acceptors (Lipinski definition) is 5. The van der Waals surface area contributed by atoms with Gasteiger partial charge in [0.15, 0.2) is 5.82 Å². The van der Waals surface area contributed by atoms with Crippen LogP contribution in [-0.2, 0) is 5.41 Å². The van der Waals surface area contributed by atoms with Crippen molar-refractivity contribution in [1.82, 2.24) is 15.2 Å². The number of hydrogen-bond donors (Lipinski definition) is 4. The zero-order valence-corrected chi connectivity index (χ0v) is 19.5. The molecule has 0 radical (unpaired) electrons. The van der Waals surface area contributed by atoms with Crippen LogP contribution in [0.4, 0.5) is 22.0 Å².